The molecule has 0 aliphatic rings. The van der Waals surface area contributed by atoms with Gasteiger partial charge in [0, 0.05) is 4.83 Å². The summed E-state index contributed by atoms with van der Waals surface area (Å²) < 4.78 is 11.7. The first-order valence-corrected chi connectivity index (χ1v) is 12.3. The van der Waals surface area contributed by atoms with Crippen LogP contribution in [0.15, 0.2) is 42.5 Å². The first-order chi connectivity index (χ1) is 15.2. The Morgan fingerprint density at radius 2 is 1.71 bits per heavy atom. The van der Waals surface area contributed by atoms with E-state index < -0.39 is 0 Å². The maximum absolute atomic E-state index is 9.66. The van der Waals surface area contributed by atoms with Crippen molar-refractivity contribution >= 4 is 28.1 Å². The number of hydrogen-bond acceptors (Lipinski definition) is 3. The topological polar surface area (TPSA) is 42.2 Å². The summed E-state index contributed by atoms with van der Waals surface area (Å²) in [6.45, 7) is 5.76. The minimum atomic E-state index is 0.527. The van der Waals surface area contributed by atoms with Gasteiger partial charge in [-0.2, -0.15) is 5.26 Å². The van der Waals surface area contributed by atoms with Crippen molar-refractivity contribution in [2.75, 3.05) is 13.2 Å². The van der Waals surface area contributed by atoms with Crippen LogP contribution in [-0.2, 0) is 0 Å². The van der Waals surface area contributed by atoms with Crippen molar-refractivity contribution in [3.05, 3.63) is 59.2 Å². The van der Waals surface area contributed by atoms with E-state index in [0.29, 0.717) is 22.7 Å². The summed E-state index contributed by atoms with van der Waals surface area (Å²) in [5, 5.41) is 9.66. The summed E-state index contributed by atoms with van der Waals surface area (Å²) >= 11 is 3.65. The first kappa shape index (κ1) is 25.0. The van der Waals surface area contributed by atoms with Crippen LogP contribution in [0.5, 0.6) is 11.5 Å². The second-order valence-corrected chi connectivity index (χ2v) is 8.93. The molecule has 0 heterocycles. The van der Waals surface area contributed by atoms with E-state index in [-0.39, 0.29) is 0 Å². The molecule has 0 bridgehead atoms. The van der Waals surface area contributed by atoms with Crippen LogP contribution < -0.4 is 9.47 Å². The lowest BCUT2D eigenvalue weighted by Crippen LogP contribution is -2.03. The van der Waals surface area contributed by atoms with Gasteiger partial charge in [-0.05, 0) is 55.0 Å². The zero-order valence-corrected chi connectivity index (χ0v) is 20.4. The third-order valence-corrected chi connectivity index (χ3v) is 6.24. The van der Waals surface area contributed by atoms with Gasteiger partial charge in [0.15, 0.2) is 0 Å². The summed E-state index contributed by atoms with van der Waals surface area (Å²) in [7, 11) is 0. The van der Waals surface area contributed by atoms with Crippen LogP contribution in [0, 0.1) is 11.3 Å². The van der Waals surface area contributed by atoms with Gasteiger partial charge in [0.25, 0.3) is 0 Å². The quantitative estimate of drug-likeness (QED) is 0.155. The molecule has 1 unspecified atom stereocenters. The fourth-order valence-electron chi connectivity index (χ4n) is 3.20. The normalized spacial score (nSPS) is 11.9. The fourth-order valence-corrected chi connectivity index (χ4v) is 3.52. The van der Waals surface area contributed by atoms with E-state index in [1.54, 1.807) is 0 Å². The first-order valence-electron chi connectivity index (χ1n) is 11.4. The number of alkyl halides is 1. The average Bonchev–Trinajstić information content (AvgIpc) is 2.80. The number of halogens is 1. The number of nitrogens with zero attached hydrogens (tertiary/aromatic N) is 1. The van der Waals surface area contributed by atoms with Gasteiger partial charge in [-0.1, -0.05) is 85.5 Å². The summed E-state index contributed by atoms with van der Waals surface area (Å²) in [6, 6.07) is 16.1. The minimum absolute atomic E-state index is 0.527. The van der Waals surface area contributed by atoms with Crippen LogP contribution >= 0.6 is 15.9 Å². The molecule has 0 spiro atoms. The van der Waals surface area contributed by atoms with Crippen LogP contribution in [0.2, 0.25) is 0 Å². The Morgan fingerprint density at radius 3 is 2.42 bits per heavy atom. The third-order valence-electron chi connectivity index (χ3n) is 5.13. The van der Waals surface area contributed by atoms with E-state index in [1.165, 1.54) is 19.3 Å². The highest BCUT2D eigenvalue weighted by Crippen LogP contribution is 2.24. The lowest BCUT2D eigenvalue weighted by molar-refractivity contribution is 0.305. The molecule has 0 saturated heterocycles. The second-order valence-electron chi connectivity index (χ2n) is 7.64. The SMILES string of the molecule is CCCCCCOc1ccc(C=Cc2cccc(OCCCC(Br)CC)c2C#N)cc1. The van der Waals surface area contributed by atoms with Crippen LogP contribution in [-0.4, -0.2) is 18.0 Å². The van der Waals surface area contributed by atoms with Gasteiger partial charge in [-0.3, -0.25) is 0 Å². The molecule has 0 amide bonds. The smallest absolute Gasteiger partial charge is 0.137 e. The predicted octanol–water partition coefficient (Wildman–Crippen LogP) is 8.02. The average molecular weight is 484 g/mol. The minimum Gasteiger partial charge on any atom is -0.494 e. The molecule has 166 valence electrons. The lowest BCUT2D eigenvalue weighted by Gasteiger charge is -2.11. The molecule has 0 fully saturated rings. The van der Waals surface area contributed by atoms with Gasteiger partial charge in [0.05, 0.1) is 13.2 Å². The maximum Gasteiger partial charge on any atom is 0.137 e. The van der Waals surface area contributed by atoms with Crippen molar-refractivity contribution in [2.24, 2.45) is 0 Å². The summed E-state index contributed by atoms with van der Waals surface area (Å²) in [4.78, 5) is 0.527. The number of benzene rings is 2. The molecule has 0 aliphatic carbocycles. The van der Waals surface area contributed by atoms with Crippen LogP contribution in [0.3, 0.4) is 0 Å². The van der Waals surface area contributed by atoms with E-state index >= 15 is 0 Å². The Balaban J connectivity index is 1.93. The molecule has 1 atom stereocenters. The van der Waals surface area contributed by atoms with E-state index in [4.69, 9.17) is 9.47 Å². The number of rotatable bonds is 14. The zero-order chi connectivity index (χ0) is 22.3. The highest BCUT2D eigenvalue weighted by Gasteiger charge is 2.08. The van der Waals surface area contributed by atoms with Gasteiger partial charge in [-0.15, -0.1) is 0 Å². The van der Waals surface area contributed by atoms with Crippen molar-refractivity contribution in [1.82, 2.24) is 0 Å². The van der Waals surface area contributed by atoms with Crippen molar-refractivity contribution in [2.45, 2.75) is 63.6 Å². The summed E-state index contributed by atoms with van der Waals surface area (Å²) in [5.74, 6) is 1.55. The van der Waals surface area contributed by atoms with Gasteiger partial charge < -0.3 is 9.47 Å². The van der Waals surface area contributed by atoms with Crippen LogP contribution in [0.4, 0.5) is 0 Å². The summed E-state index contributed by atoms with van der Waals surface area (Å²) in [5.41, 5.74) is 2.51. The Morgan fingerprint density at radius 1 is 0.935 bits per heavy atom. The highest BCUT2D eigenvalue weighted by atomic mass is 79.9. The van der Waals surface area contributed by atoms with Gasteiger partial charge in [0.1, 0.15) is 23.1 Å². The molecule has 0 aromatic heterocycles. The molecule has 2 aromatic carbocycles. The molecule has 31 heavy (non-hydrogen) atoms. The lowest BCUT2D eigenvalue weighted by atomic mass is 10.1. The molecule has 0 aliphatic heterocycles. The Bertz CT molecular complexity index is 839. The predicted molar refractivity (Wildman–Crippen MR) is 134 cm³/mol. The number of ether oxygens (including phenoxy) is 2. The molecule has 0 radical (unpaired) electrons. The third kappa shape index (κ3) is 9.19. The molecule has 3 nitrogen and oxygen atoms in total. The zero-order valence-electron chi connectivity index (χ0n) is 18.8. The molecular formula is C27H34BrNO2. The molecular weight excluding hydrogens is 450 g/mol. The Labute approximate surface area is 196 Å². The van der Waals surface area contributed by atoms with E-state index in [2.05, 4.69) is 35.8 Å². The number of unbranched alkanes of at least 4 members (excludes halogenated alkanes) is 3. The maximum atomic E-state index is 9.66. The molecule has 2 rings (SSSR count). The number of hydrogen-bond donors (Lipinski definition) is 0. The molecule has 0 N–H and O–H groups in total. The summed E-state index contributed by atoms with van der Waals surface area (Å²) in [6.07, 6.45) is 11.9. The van der Waals surface area contributed by atoms with E-state index in [1.807, 2.05) is 54.6 Å². The van der Waals surface area contributed by atoms with E-state index in [9.17, 15) is 5.26 Å². The molecule has 4 heteroatoms. The standard InChI is InChI=1S/C27H34BrNO2/c1-3-5-6-7-19-30-25-17-14-22(15-18-25)13-16-23-10-8-12-27(26(23)21-29)31-20-9-11-24(28)4-2/h8,10,12-18,24H,3-7,9,11,19-20H2,1-2H3. The second kappa shape index (κ2) is 14.7. The van der Waals surface area contributed by atoms with E-state index in [0.717, 1.165) is 49.2 Å². The van der Waals surface area contributed by atoms with Crippen LogP contribution in [0.25, 0.3) is 12.2 Å². The van der Waals surface area contributed by atoms with Crippen molar-refractivity contribution in [3.8, 4) is 17.6 Å². The molecule has 2 aromatic rings. The largest absolute Gasteiger partial charge is 0.494 e. The van der Waals surface area contributed by atoms with Gasteiger partial charge >= 0.3 is 0 Å². The van der Waals surface area contributed by atoms with Crippen LogP contribution in [0.1, 0.15) is 75.5 Å². The molecule has 0 saturated carbocycles. The van der Waals surface area contributed by atoms with Gasteiger partial charge in [0.2, 0.25) is 0 Å². The van der Waals surface area contributed by atoms with Crippen molar-refractivity contribution in [3.63, 3.8) is 0 Å². The highest BCUT2D eigenvalue weighted by molar-refractivity contribution is 9.09. The van der Waals surface area contributed by atoms with Gasteiger partial charge in [-0.25, -0.2) is 0 Å². The Kier molecular flexibility index (Phi) is 11.9. The van der Waals surface area contributed by atoms with Crippen molar-refractivity contribution in [1.29, 1.82) is 5.26 Å². The Hall–Kier alpha value is -2.25. The number of nitriles is 1. The monoisotopic (exact) mass is 483 g/mol. The van der Waals surface area contributed by atoms with Crippen molar-refractivity contribution < 1.29 is 9.47 Å². The fraction of sp³-hybridized carbons (Fsp3) is 0.444.